The number of methoxy groups -OCH3 is 1. The maximum Gasteiger partial charge on any atom is 0.374 e. The summed E-state index contributed by atoms with van der Waals surface area (Å²) in [7, 11) is 1.48. The van der Waals surface area contributed by atoms with E-state index in [1.807, 2.05) is 30.3 Å². The summed E-state index contributed by atoms with van der Waals surface area (Å²) in [5.41, 5.74) is 1.79. The summed E-state index contributed by atoms with van der Waals surface area (Å²) in [4.78, 5) is 11.2. The minimum atomic E-state index is -0.383. The molecule has 3 nitrogen and oxygen atoms in total. The van der Waals surface area contributed by atoms with E-state index in [4.69, 9.17) is 9.47 Å². The number of benzene rings is 1. The van der Waals surface area contributed by atoms with E-state index in [0.29, 0.717) is 12.4 Å². The molecule has 0 unspecified atom stereocenters. The number of hydrogen-bond donors (Lipinski definition) is 0. The van der Waals surface area contributed by atoms with Crippen molar-refractivity contribution in [2.75, 3.05) is 13.7 Å². The van der Waals surface area contributed by atoms with E-state index in [-0.39, 0.29) is 5.97 Å². The highest BCUT2D eigenvalue weighted by atomic mass is 16.6. The number of esters is 1. The van der Waals surface area contributed by atoms with E-state index in [1.54, 1.807) is 0 Å². The van der Waals surface area contributed by atoms with Crippen LogP contribution in [0.15, 0.2) is 36.1 Å². The van der Waals surface area contributed by atoms with Gasteiger partial charge in [0.1, 0.15) is 6.61 Å². The van der Waals surface area contributed by atoms with Crippen LogP contribution in [0.3, 0.4) is 0 Å². The third kappa shape index (κ3) is 1.37. The molecule has 0 bridgehead atoms. The van der Waals surface area contributed by atoms with Gasteiger partial charge in [0.15, 0.2) is 0 Å². The Morgan fingerprint density at radius 3 is 2.64 bits per heavy atom. The zero-order valence-electron chi connectivity index (χ0n) is 7.82. The van der Waals surface area contributed by atoms with Crippen LogP contribution in [0.1, 0.15) is 5.56 Å². The molecule has 2 rings (SSSR count). The van der Waals surface area contributed by atoms with Gasteiger partial charge in [-0.05, 0) is 5.56 Å². The standard InChI is InChI=1S/C11H10O3/c1-13-10-9(7-14-11(10)12)8-5-3-2-4-6-8/h2-6H,7H2,1H3. The van der Waals surface area contributed by atoms with Gasteiger partial charge in [0.05, 0.1) is 7.11 Å². The SMILES string of the molecule is COC1=C(c2ccccc2)COC1=O. The van der Waals surface area contributed by atoms with E-state index in [2.05, 4.69) is 0 Å². The molecule has 1 aromatic carbocycles. The molecule has 0 atom stereocenters. The van der Waals surface area contributed by atoms with Crippen LogP contribution in [-0.4, -0.2) is 19.7 Å². The first-order valence-corrected chi connectivity index (χ1v) is 4.32. The summed E-state index contributed by atoms with van der Waals surface area (Å²) in [5, 5.41) is 0. The Morgan fingerprint density at radius 1 is 1.29 bits per heavy atom. The summed E-state index contributed by atoms with van der Waals surface area (Å²) in [6.07, 6.45) is 0. The highest BCUT2D eigenvalue weighted by molar-refractivity contribution is 5.99. The second-order valence-corrected chi connectivity index (χ2v) is 2.95. The molecule has 0 saturated carbocycles. The summed E-state index contributed by atoms with van der Waals surface area (Å²) < 4.78 is 9.88. The maximum absolute atomic E-state index is 11.2. The molecule has 0 N–H and O–H groups in total. The minimum absolute atomic E-state index is 0.298. The summed E-state index contributed by atoms with van der Waals surface area (Å²) in [5.74, 6) is -0.0671. The molecule has 1 aliphatic heterocycles. The van der Waals surface area contributed by atoms with Crippen LogP contribution in [0, 0.1) is 0 Å². The second kappa shape index (κ2) is 3.54. The molecule has 0 aliphatic carbocycles. The average Bonchev–Trinajstić information content (AvgIpc) is 2.61. The molecular weight excluding hydrogens is 180 g/mol. The number of ether oxygens (including phenoxy) is 2. The summed E-state index contributed by atoms with van der Waals surface area (Å²) in [6.45, 7) is 0.298. The van der Waals surface area contributed by atoms with Crippen molar-refractivity contribution >= 4 is 11.5 Å². The average molecular weight is 190 g/mol. The Balaban J connectivity index is 2.44. The first-order chi connectivity index (χ1) is 6.83. The predicted octanol–water partition coefficient (Wildman–Crippen LogP) is 1.60. The van der Waals surface area contributed by atoms with Crippen molar-refractivity contribution in [3.63, 3.8) is 0 Å². The van der Waals surface area contributed by atoms with Gasteiger partial charge in [0.2, 0.25) is 5.76 Å². The first kappa shape index (κ1) is 8.81. The van der Waals surface area contributed by atoms with Crippen molar-refractivity contribution in [1.82, 2.24) is 0 Å². The highest BCUT2D eigenvalue weighted by Crippen LogP contribution is 2.25. The number of carbonyl (C=O) groups excluding carboxylic acids is 1. The summed E-state index contributed by atoms with van der Waals surface area (Å²) in [6, 6.07) is 9.61. The van der Waals surface area contributed by atoms with Crippen LogP contribution >= 0.6 is 0 Å². The van der Waals surface area contributed by atoms with Gasteiger partial charge in [-0.15, -0.1) is 0 Å². The lowest BCUT2D eigenvalue weighted by molar-refractivity contribution is -0.138. The fourth-order valence-corrected chi connectivity index (χ4v) is 1.45. The lowest BCUT2D eigenvalue weighted by Crippen LogP contribution is -2.00. The molecule has 1 aliphatic rings. The Labute approximate surface area is 81.9 Å². The van der Waals surface area contributed by atoms with E-state index >= 15 is 0 Å². The Bertz CT molecular complexity index is 379. The fraction of sp³-hybridized carbons (Fsp3) is 0.182. The van der Waals surface area contributed by atoms with Crippen LogP contribution in [0.25, 0.3) is 5.57 Å². The van der Waals surface area contributed by atoms with E-state index < -0.39 is 0 Å². The van der Waals surface area contributed by atoms with Crippen molar-refractivity contribution in [2.45, 2.75) is 0 Å². The summed E-state index contributed by atoms with van der Waals surface area (Å²) >= 11 is 0. The molecule has 14 heavy (non-hydrogen) atoms. The highest BCUT2D eigenvalue weighted by Gasteiger charge is 2.26. The Kier molecular flexibility index (Phi) is 2.23. The fourth-order valence-electron chi connectivity index (χ4n) is 1.45. The van der Waals surface area contributed by atoms with E-state index in [9.17, 15) is 4.79 Å². The zero-order chi connectivity index (χ0) is 9.97. The predicted molar refractivity (Wildman–Crippen MR) is 51.3 cm³/mol. The molecule has 72 valence electrons. The Morgan fingerprint density at radius 2 is 2.00 bits per heavy atom. The minimum Gasteiger partial charge on any atom is -0.490 e. The third-order valence-corrected chi connectivity index (χ3v) is 2.13. The lowest BCUT2D eigenvalue weighted by Gasteiger charge is -2.01. The number of cyclic esters (lactones) is 1. The second-order valence-electron chi connectivity index (χ2n) is 2.95. The van der Waals surface area contributed by atoms with Gasteiger partial charge in [-0.2, -0.15) is 0 Å². The molecule has 0 radical (unpaired) electrons. The zero-order valence-corrected chi connectivity index (χ0v) is 7.82. The molecule has 1 aromatic rings. The molecule has 0 aromatic heterocycles. The van der Waals surface area contributed by atoms with E-state index in [1.165, 1.54) is 7.11 Å². The molecule has 0 saturated heterocycles. The molecule has 0 fully saturated rings. The largest absolute Gasteiger partial charge is 0.490 e. The van der Waals surface area contributed by atoms with Gasteiger partial charge in [-0.25, -0.2) is 4.79 Å². The van der Waals surface area contributed by atoms with Crippen molar-refractivity contribution in [2.24, 2.45) is 0 Å². The maximum atomic E-state index is 11.2. The monoisotopic (exact) mass is 190 g/mol. The number of hydrogen-bond acceptors (Lipinski definition) is 3. The van der Waals surface area contributed by atoms with Gasteiger partial charge in [0, 0.05) is 5.57 Å². The van der Waals surface area contributed by atoms with Gasteiger partial charge < -0.3 is 9.47 Å². The molecule has 1 heterocycles. The van der Waals surface area contributed by atoms with Crippen molar-refractivity contribution < 1.29 is 14.3 Å². The molecule has 0 amide bonds. The topological polar surface area (TPSA) is 35.5 Å². The van der Waals surface area contributed by atoms with Crippen molar-refractivity contribution in [3.8, 4) is 0 Å². The third-order valence-electron chi connectivity index (χ3n) is 2.13. The van der Waals surface area contributed by atoms with Crippen LogP contribution in [0.4, 0.5) is 0 Å². The van der Waals surface area contributed by atoms with Crippen LogP contribution in [0.5, 0.6) is 0 Å². The van der Waals surface area contributed by atoms with Gasteiger partial charge in [-0.3, -0.25) is 0 Å². The van der Waals surface area contributed by atoms with Gasteiger partial charge >= 0.3 is 5.97 Å². The van der Waals surface area contributed by atoms with Gasteiger partial charge in [-0.1, -0.05) is 30.3 Å². The van der Waals surface area contributed by atoms with Crippen LogP contribution in [0.2, 0.25) is 0 Å². The Hall–Kier alpha value is -1.77. The van der Waals surface area contributed by atoms with Crippen LogP contribution < -0.4 is 0 Å². The van der Waals surface area contributed by atoms with Crippen LogP contribution in [-0.2, 0) is 14.3 Å². The number of rotatable bonds is 2. The van der Waals surface area contributed by atoms with E-state index in [0.717, 1.165) is 11.1 Å². The first-order valence-electron chi connectivity index (χ1n) is 4.32. The molecular formula is C11H10O3. The smallest absolute Gasteiger partial charge is 0.374 e. The van der Waals surface area contributed by atoms with Gasteiger partial charge in [0.25, 0.3) is 0 Å². The van der Waals surface area contributed by atoms with Crippen molar-refractivity contribution in [3.05, 3.63) is 41.7 Å². The molecule has 3 heteroatoms. The normalized spacial score (nSPS) is 15.6. The molecule has 0 spiro atoms. The quantitative estimate of drug-likeness (QED) is 0.664. The number of carbonyl (C=O) groups is 1. The lowest BCUT2D eigenvalue weighted by atomic mass is 10.1. The van der Waals surface area contributed by atoms with Crippen molar-refractivity contribution in [1.29, 1.82) is 0 Å².